The molecule has 0 N–H and O–H groups in total. The Morgan fingerprint density at radius 1 is 0.645 bits per heavy atom. The summed E-state index contributed by atoms with van der Waals surface area (Å²) in [5.74, 6) is 3.73. The van der Waals surface area contributed by atoms with E-state index in [4.69, 9.17) is 23.7 Å². The van der Waals surface area contributed by atoms with Crippen molar-refractivity contribution in [2.45, 2.75) is 46.5 Å². The molecule has 168 valence electrons. The van der Waals surface area contributed by atoms with E-state index in [1.807, 2.05) is 18.2 Å². The molecule has 5 heteroatoms. The molecule has 0 saturated carbocycles. The van der Waals surface area contributed by atoms with E-state index >= 15 is 0 Å². The molecule has 0 radical (unpaired) electrons. The molecule has 0 spiro atoms. The van der Waals surface area contributed by atoms with Gasteiger partial charge in [0.2, 0.25) is 0 Å². The normalized spacial score (nSPS) is 11.0. The molecule has 5 nitrogen and oxygen atoms in total. The Balaban J connectivity index is 2.46. The summed E-state index contributed by atoms with van der Waals surface area (Å²) >= 11 is 0. The van der Waals surface area contributed by atoms with Crippen molar-refractivity contribution in [3.63, 3.8) is 0 Å². The van der Waals surface area contributed by atoms with Crippen LogP contribution >= 0.6 is 0 Å². The smallest absolute Gasteiger partial charge is 0.142 e. The number of aryl methyl sites for hydroxylation is 1. The predicted molar refractivity (Wildman–Crippen MR) is 127 cm³/mol. The summed E-state index contributed by atoms with van der Waals surface area (Å²) in [7, 11) is 5.01. The van der Waals surface area contributed by atoms with Crippen molar-refractivity contribution in [3.8, 4) is 28.7 Å². The third-order valence-corrected chi connectivity index (χ3v) is 5.43. The van der Waals surface area contributed by atoms with Gasteiger partial charge in [-0.3, -0.25) is 0 Å². The Hall–Kier alpha value is -2.82. The Labute approximate surface area is 185 Å². The van der Waals surface area contributed by atoms with Crippen molar-refractivity contribution in [2.24, 2.45) is 0 Å². The van der Waals surface area contributed by atoms with Crippen LogP contribution in [0.4, 0.5) is 0 Å². The van der Waals surface area contributed by atoms with Gasteiger partial charge in [-0.05, 0) is 43.5 Å². The second kappa shape index (κ2) is 10.5. The molecule has 0 aromatic heterocycles. The monoisotopic (exact) mass is 426 g/mol. The van der Waals surface area contributed by atoms with E-state index in [1.165, 1.54) is 0 Å². The molecule has 0 atom stereocenters. The van der Waals surface area contributed by atoms with E-state index in [0.29, 0.717) is 24.7 Å². The summed E-state index contributed by atoms with van der Waals surface area (Å²) in [6.45, 7) is 7.62. The summed E-state index contributed by atoms with van der Waals surface area (Å²) < 4.78 is 29.9. The molecule has 0 aliphatic rings. The topological polar surface area (TPSA) is 46.2 Å². The molecule has 0 heterocycles. The van der Waals surface area contributed by atoms with Crippen LogP contribution in [0.2, 0.25) is 0 Å². The second-order valence-electron chi connectivity index (χ2n) is 7.70. The van der Waals surface area contributed by atoms with Crippen LogP contribution in [-0.4, -0.2) is 34.5 Å². The maximum Gasteiger partial charge on any atom is 0.142 e. The minimum Gasteiger partial charge on any atom is -0.497 e. The van der Waals surface area contributed by atoms with Gasteiger partial charge in [-0.15, -0.1) is 0 Å². The van der Waals surface area contributed by atoms with Crippen LogP contribution in [0.25, 0.3) is 21.5 Å². The van der Waals surface area contributed by atoms with Crippen molar-refractivity contribution in [3.05, 3.63) is 29.8 Å². The lowest BCUT2D eigenvalue weighted by atomic mass is 9.97. The van der Waals surface area contributed by atoms with Gasteiger partial charge in [0, 0.05) is 16.8 Å². The standard InChI is InChI=1S/C26H34O5/c1-7-9-11-30-25-19-13-17(3)14-21(28-5)23(19)26(31-12-10-8-2)24-20(25)15-18(27-4)16-22(24)29-6/h13-16H,7-12H2,1-6H3. The highest BCUT2D eigenvalue weighted by atomic mass is 16.5. The third kappa shape index (κ3) is 4.60. The fourth-order valence-corrected chi connectivity index (χ4v) is 3.82. The fourth-order valence-electron chi connectivity index (χ4n) is 3.82. The molecular formula is C26H34O5. The van der Waals surface area contributed by atoms with E-state index in [9.17, 15) is 0 Å². The Bertz CT molecular complexity index is 1040. The lowest BCUT2D eigenvalue weighted by Gasteiger charge is -2.22. The molecule has 0 bridgehead atoms. The van der Waals surface area contributed by atoms with Gasteiger partial charge >= 0.3 is 0 Å². The van der Waals surface area contributed by atoms with Gasteiger partial charge < -0.3 is 23.7 Å². The van der Waals surface area contributed by atoms with Crippen molar-refractivity contribution < 1.29 is 23.7 Å². The molecule has 31 heavy (non-hydrogen) atoms. The largest absolute Gasteiger partial charge is 0.497 e. The first-order valence-corrected chi connectivity index (χ1v) is 11.0. The average Bonchev–Trinajstić information content (AvgIpc) is 2.78. The first kappa shape index (κ1) is 22.9. The predicted octanol–water partition coefficient (Wildman–Crippen LogP) is 6.69. The minimum atomic E-state index is 0.614. The van der Waals surface area contributed by atoms with Crippen molar-refractivity contribution in [1.82, 2.24) is 0 Å². The highest BCUT2D eigenvalue weighted by molar-refractivity contribution is 6.15. The maximum atomic E-state index is 6.40. The zero-order chi connectivity index (χ0) is 22.4. The van der Waals surface area contributed by atoms with Crippen LogP contribution in [0.5, 0.6) is 28.7 Å². The first-order chi connectivity index (χ1) is 15.1. The maximum absolute atomic E-state index is 6.40. The molecule has 3 aromatic carbocycles. The lowest BCUT2D eigenvalue weighted by Crippen LogP contribution is -2.04. The summed E-state index contributed by atoms with van der Waals surface area (Å²) in [6.07, 6.45) is 4.05. The van der Waals surface area contributed by atoms with Gasteiger partial charge in [0.1, 0.15) is 28.7 Å². The van der Waals surface area contributed by atoms with Crippen LogP contribution in [0, 0.1) is 6.92 Å². The number of benzene rings is 3. The molecule has 0 amide bonds. The summed E-state index contributed by atoms with van der Waals surface area (Å²) in [6, 6.07) is 8.06. The molecule has 0 aliphatic heterocycles. The number of unbranched alkanes of at least 4 members (excludes halogenated alkanes) is 2. The number of hydrogen-bond donors (Lipinski definition) is 0. The SMILES string of the molecule is CCCCOc1c2cc(C)cc(OC)c2c(OCCCC)c2c(OC)cc(OC)cc12. The number of hydrogen-bond acceptors (Lipinski definition) is 5. The van der Waals surface area contributed by atoms with Gasteiger partial charge in [-0.2, -0.15) is 0 Å². The van der Waals surface area contributed by atoms with E-state index in [2.05, 4.69) is 26.8 Å². The molecular weight excluding hydrogens is 392 g/mol. The van der Waals surface area contributed by atoms with Gasteiger partial charge in [0.05, 0.1) is 45.3 Å². The minimum absolute atomic E-state index is 0.614. The highest BCUT2D eigenvalue weighted by Crippen LogP contribution is 2.51. The van der Waals surface area contributed by atoms with Crippen molar-refractivity contribution >= 4 is 21.5 Å². The third-order valence-electron chi connectivity index (χ3n) is 5.43. The van der Waals surface area contributed by atoms with Crippen molar-refractivity contribution in [2.75, 3.05) is 34.5 Å². The molecule has 0 saturated heterocycles. The van der Waals surface area contributed by atoms with Crippen LogP contribution in [0.15, 0.2) is 24.3 Å². The van der Waals surface area contributed by atoms with Crippen molar-refractivity contribution in [1.29, 1.82) is 0 Å². The number of fused-ring (bicyclic) bond motifs is 2. The summed E-state index contributed by atoms with van der Waals surface area (Å²) in [4.78, 5) is 0. The molecule has 0 fully saturated rings. The highest BCUT2D eigenvalue weighted by Gasteiger charge is 2.23. The quantitative estimate of drug-likeness (QED) is 0.253. The zero-order valence-corrected chi connectivity index (χ0v) is 19.6. The summed E-state index contributed by atoms with van der Waals surface area (Å²) in [5, 5.41) is 3.67. The molecule has 0 unspecified atom stereocenters. The number of ether oxygens (including phenoxy) is 5. The number of methoxy groups -OCH3 is 3. The Morgan fingerprint density at radius 3 is 1.74 bits per heavy atom. The van der Waals surface area contributed by atoms with Crippen LogP contribution in [0.3, 0.4) is 0 Å². The van der Waals surface area contributed by atoms with Crippen LogP contribution in [-0.2, 0) is 0 Å². The molecule has 3 aromatic rings. The van der Waals surface area contributed by atoms with Crippen LogP contribution in [0.1, 0.15) is 45.1 Å². The Kier molecular flexibility index (Phi) is 7.72. The van der Waals surface area contributed by atoms with E-state index in [1.54, 1.807) is 21.3 Å². The number of rotatable bonds is 11. The van der Waals surface area contributed by atoms with E-state index in [0.717, 1.165) is 70.0 Å². The van der Waals surface area contributed by atoms with Gasteiger partial charge in [-0.25, -0.2) is 0 Å². The van der Waals surface area contributed by atoms with Gasteiger partial charge in [-0.1, -0.05) is 26.7 Å². The zero-order valence-electron chi connectivity index (χ0n) is 19.6. The molecule has 0 aliphatic carbocycles. The van der Waals surface area contributed by atoms with E-state index in [-0.39, 0.29) is 0 Å². The lowest BCUT2D eigenvalue weighted by molar-refractivity contribution is 0.309. The van der Waals surface area contributed by atoms with E-state index < -0.39 is 0 Å². The average molecular weight is 427 g/mol. The Morgan fingerprint density at radius 2 is 1.19 bits per heavy atom. The summed E-state index contributed by atoms with van der Waals surface area (Å²) in [5.41, 5.74) is 1.10. The first-order valence-electron chi connectivity index (χ1n) is 11.0. The van der Waals surface area contributed by atoms with Crippen LogP contribution < -0.4 is 23.7 Å². The second-order valence-corrected chi connectivity index (χ2v) is 7.70. The van der Waals surface area contributed by atoms with Gasteiger partial charge in [0.25, 0.3) is 0 Å². The fraction of sp³-hybridized carbons (Fsp3) is 0.462. The van der Waals surface area contributed by atoms with Gasteiger partial charge in [0.15, 0.2) is 0 Å². The molecule has 3 rings (SSSR count).